The Balaban J connectivity index is 1.66. The number of nitrogens with zero attached hydrogens (tertiary/aromatic N) is 4. The number of amides is 1. The maximum atomic E-state index is 12.1. The highest BCUT2D eigenvalue weighted by Gasteiger charge is 2.13. The molecule has 2 aromatic carbocycles. The van der Waals surface area contributed by atoms with Gasteiger partial charge in [0.05, 0.1) is 21.8 Å². The molecule has 11 nitrogen and oxygen atoms in total. The van der Waals surface area contributed by atoms with Gasteiger partial charge in [-0.2, -0.15) is 10.2 Å². The summed E-state index contributed by atoms with van der Waals surface area (Å²) in [5, 5.41) is 31.7. The second kappa shape index (κ2) is 7.86. The largest absolute Gasteiger partial charge is 0.289 e. The van der Waals surface area contributed by atoms with Crippen LogP contribution in [0.3, 0.4) is 0 Å². The van der Waals surface area contributed by atoms with Gasteiger partial charge in [0.25, 0.3) is 17.3 Å². The maximum Gasteiger partial charge on any atom is 0.289 e. The molecular weight excluding hydrogens is 368 g/mol. The van der Waals surface area contributed by atoms with Crippen LogP contribution in [0, 0.1) is 20.2 Å². The molecule has 0 saturated carbocycles. The molecule has 140 valence electrons. The fourth-order valence-corrected chi connectivity index (χ4v) is 2.27. The second-order valence-electron chi connectivity index (χ2n) is 5.52. The van der Waals surface area contributed by atoms with Gasteiger partial charge >= 0.3 is 0 Å². The lowest BCUT2D eigenvalue weighted by Gasteiger charge is -1.97. The number of non-ortho nitro benzene ring substituents is 2. The minimum absolute atomic E-state index is 0.0488. The van der Waals surface area contributed by atoms with Crippen molar-refractivity contribution in [2.75, 3.05) is 0 Å². The van der Waals surface area contributed by atoms with E-state index in [9.17, 15) is 25.0 Å². The number of benzene rings is 2. The van der Waals surface area contributed by atoms with Gasteiger partial charge in [0.1, 0.15) is 5.69 Å². The standard InChI is InChI=1S/C17H12N6O5/c24-17(21-18-10-11-4-6-13(7-5-11)22(25)26)16-9-15(19-20-16)12-2-1-3-14(8-12)23(27)28/h1-10H,(H,19,20)(H,21,24)/b18-10+. The van der Waals surface area contributed by atoms with Gasteiger partial charge in [0.15, 0.2) is 0 Å². The minimum atomic E-state index is -0.567. The Bertz CT molecular complexity index is 1070. The Kier molecular flexibility index (Phi) is 5.16. The summed E-state index contributed by atoms with van der Waals surface area (Å²) in [5.41, 5.74) is 3.69. The lowest BCUT2D eigenvalue weighted by molar-refractivity contribution is -0.385. The highest BCUT2D eigenvalue weighted by Crippen LogP contribution is 2.22. The molecule has 0 radical (unpaired) electrons. The summed E-state index contributed by atoms with van der Waals surface area (Å²) in [7, 11) is 0. The normalized spacial score (nSPS) is 10.7. The first-order chi connectivity index (χ1) is 13.4. The Morgan fingerprint density at radius 1 is 1.04 bits per heavy atom. The van der Waals surface area contributed by atoms with Crippen molar-refractivity contribution >= 4 is 23.5 Å². The van der Waals surface area contributed by atoms with Crippen molar-refractivity contribution in [2.24, 2.45) is 5.10 Å². The molecule has 0 spiro atoms. The van der Waals surface area contributed by atoms with Crippen molar-refractivity contribution in [3.05, 3.63) is 86.1 Å². The number of hydrogen-bond acceptors (Lipinski definition) is 7. The number of aromatic nitrogens is 2. The zero-order chi connectivity index (χ0) is 20.1. The fourth-order valence-electron chi connectivity index (χ4n) is 2.27. The minimum Gasteiger partial charge on any atom is -0.272 e. The van der Waals surface area contributed by atoms with Crippen LogP contribution < -0.4 is 5.43 Å². The first kappa shape index (κ1) is 18.4. The van der Waals surface area contributed by atoms with Crippen LogP contribution in [0.4, 0.5) is 11.4 Å². The highest BCUT2D eigenvalue weighted by molar-refractivity contribution is 5.94. The van der Waals surface area contributed by atoms with E-state index < -0.39 is 15.8 Å². The van der Waals surface area contributed by atoms with Crippen molar-refractivity contribution < 1.29 is 14.6 Å². The first-order valence-electron chi connectivity index (χ1n) is 7.82. The van der Waals surface area contributed by atoms with E-state index in [1.807, 2.05) is 0 Å². The van der Waals surface area contributed by atoms with Gasteiger partial charge in [-0.3, -0.25) is 30.1 Å². The Morgan fingerprint density at radius 3 is 2.43 bits per heavy atom. The molecule has 3 rings (SSSR count). The summed E-state index contributed by atoms with van der Waals surface area (Å²) in [6.45, 7) is 0. The van der Waals surface area contributed by atoms with Crippen molar-refractivity contribution in [2.45, 2.75) is 0 Å². The summed E-state index contributed by atoms with van der Waals surface area (Å²) in [5.74, 6) is -0.567. The molecule has 0 atom stereocenters. The quantitative estimate of drug-likeness (QED) is 0.380. The number of carbonyl (C=O) groups excluding carboxylic acids is 1. The second-order valence-corrected chi connectivity index (χ2v) is 5.52. The number of nitro benzene ring substituents is 2. The van der Waals surface area contributed by atoms with Crippen LogP contribution in [0.5, 0.6) is 0 Å². The fraction of sp³-hybridized carbons (Fsp3) is 0. The van der Waals surface area contributed by atoms with Gasteiger partial charge in [-0.1, -0.05) is 12.1 Å². The summed E-state index contributed by atoms with van der Waals surface area (Å²) >= 11 is 0. The monoisotopic (exact) mass is 380 g/mol. The summed E-state index contributed by atoms with van der Waals surface area (Å²) in [6, 6.07) is 12.9. The number of H-pyrrole nitrogens is 1. The lowest BCUT2D eigenvalue weighted by Crippen LogP contribution is -2.17. The van der Waals surface area contributed by atoms with E-state index in [1.165, 1.54) is 54.7 Å². The number of aromatic amines is 1. The zero-order valence-electron chi connectivity index (χ0n) is 14.1. The first-order valence-corrected chi connectivity index (χ1v) is 7.82. The Morgan fingerprint density at radius 2 is 1.75 bits per heavy atom. The number of rotatable bonds is 6. The van der Waals surface area contributed by atoms with E-state index in [-0.39, 0.29) is 17.1 Å². The predicted molar refractivity (Wildman–Crippen MR) is 98.8 cm³/mol. The third-order valence-corrected chi connectivity index (χ3v) is 3.66. The van der Waals surface area contributed by atoms with E-state index in [4.69, 9.17) is 0 Å². The molecule has 1 heterocycles. The zero-order valence-corrected chi connectivity index (χ0v) is 14.1. The summed E-state index contributed by atoms with van der Waals surface area (Å²) in [4.78, 5) is 32.5. The molecule has 0 aliphatic carbocycles. The molecule has 0 fully saturated rings. The average Bonchev–Trinajstić information content (AvgIpc) is 3.19. The molecule has 0 unspecified atom stereocenters. The molecular formula is C17H12N6O5. The van der Waals surface area contributed by atoms with Crippen LogP contribution in [0.25, 0.3) is 11.3 Å². The molecule has 3 aromatic rings. The molecule has 0 bridgehead atoms. The molecule has 0 saturated heterocycles. The van der Waals surface area contributed by atoms with E-state index in [2.05, 4.69) is 20.7 Å². The van der Waals surface area contributed by atoms with Crippen molar-refractivity contribution in [1.82, 2.24) is 15.6 Å². The third kappa shape index (κ3) is 4.22. The number of nitro groups is 2. The van der Waals surface area contributed by atoms with Gasteiger partial charge in [0, 0.05) is 29.8 Å². The number of hydrazone groups is 1. The topological polar surface area (TPSA) is 156 Å². The average molecular weight is 380 g/mol. The molecule has 1 aromatic heterocycles. The van der Waals surface area contributed by atoms with Crippen molar-refractivity contribution in [3.63, 3.8) is 0 Å². The SMILES string of the molecule is O=C(N/N=C/c1ccc([N+](=O)[O-])cc1)c1cc(-c2cccc([N+](=O)[O-])c2)n[nH]1. The Labute approximate surface area is 157 Å². The van der Waals surface area contributed by atoms with E-state index in [0.717, 1.165) is 0 Å². The summed E-state index contributed by atoms with van der Waals surface area (Å²) < 4.78 is 0. The van der Waals surface area contributed by atoms with Crippen LogP contribution in [0.15, 0.2) is 59.7 Å². The molecule has 2 N–H and O–H groups in total. The van der Waals surface area contributed by atoms with E-state index in [1.54, 1.807) is 6.07 Å². The van der Waals surface area contributed by atoms with Gasteiger partial charge in [-0.05, 0) is 23.8 Å². The summed E-state index contributed by atoms with van der Waals surface area (Å²) in [6.07, 6.45) is 1.33. The number of nitrogens with one attached hydrogen (secondary N) is 2. The Hall–Kier alpha value is -4.41. The lowest BCUT2D eigenvalue weighted by atomic mass is 10.1. The van der Waals surface area contributed by atoms with Crippen LogP contribution in [0.2, 0.25) is 0 Å². The van der Waals surface area contributed by atoms with Crippen molar-refractivity contribution in [1.29, 1.82) is 0 Å². The van der Waals surface area contributed by atoms with Crippen molar-refractivity contribution in [3.8, 4) is 11.3 Å². The van der Waals surface area contributed by atoms with Gasteiger partial charge in [-0.15, -0.1) is 0 Å². The smallest absolute Gasteiger partial charge is 0.272 e. The van der Waals surface area contributed by atoms with Gasteiger partial charge in [0.2, 0.25) is 0 Å². The molecule has 1 amide bonds. The van der Waals surface area contributed by atoms with Crippen LogP contribution in [0.1, 0.15) is 16.1 Å². The number of hydrogen-bond donors (Lipinski definition) is 2. The third-order valence-electron chi connectivity index (χ3n) is 3.66. The van der Waals surface area contributed by atoms with Gasteiger partial charge in [-0.25, -0.2) is 5.43 Å². The van der Waals surface area contributed by atoms with Crippen LogP contribution in [-0.4, -0.2) is 32.2 Å². The molecule has 11 heteroatoms. The van der Waals surface area contributed by atoms with Gasteiger partial charge < -0.3 is 0 Å². The predicted octanol–water partition coefficient (Wildman–Crippen LogP) is 2.66. The van der Waals surface area contributed by atoms with Crippen LogP contribution in [-0.2, 0) is 0 Å². The molecule has 28 heavy (non-hydrogen) atoms. The van der Waals surface area contributed by atoms with E-state index in [0.29, 0.717) is 16.8 Å². The van der Waals surface area contributed by atoms with E-state index >= 15 is 0 Å². The molecule has 0 aliphatic rings. The highest BCUT2D eigenvalue weighted by atomic mass is 16.6. The number of carbonyl (C=O) groups is 1. The maximum absolute atomic E-state index is 12.1. The van der Waals surface area contributed by atoms with Crippen LogP contribution >= 0.6 is 0 Å². The molecule has 0 aliphatic heterocycles.